The fraction of sp³-hybridized carbons (Fsp3) is 0.263. The Morgan fingerprint density at radius 3 is 2.88 bits per heavy atom. The van der Waals surface area contributed by atoms with Crippen molar-refractivity contribution in [2.24, 2.45) is 6.35 Å². The number of hydrogen-bond acceptors (Lipinski definition) is 6. The van der Waals surface area contributed by atoms with Crippen molar-refractivity contribution >= 4 is 27.2 Å². The molecule has 1 N–H and O–H groups in total. The van der Waals surface area contributed by atoms with E-state index in [0.717, 1.165) is 10.6 Å². The van der Waals surface area contributed by atoms with E-state index in [4.69, 9.17) is 9.47 Å². The Balaban J connectivity index is 1.85. The van der Waals surface area contributed by atoms with Crippen LogP contribution in [0.3, 0.4) is 0 Å². The predicted molar refractivity (Wildman–Crippen MR) is 103 cm³/mol. The van der Waals surface area contributed by atoms with Gasteiger partial charge in [-0.1, -0.05) is 12.1 Å². The average Bonchev–Trinajstić information content (AvgIpc) is 2.65. The van der Waals surface area contributed by atoms with Crippen LogP contribution in [0.1, 0.15) is 31.1 Å². The molecule has 0 unspecified atom stereocenters. The first-order chi connectivity index (χ1) is 12.5. The Kier molecular flexibility index (Phi) is 4.25. The maximum absolute atomic E-state index is 10.9. The third-order valence-corrected chi connectivity index (χ3v) is 5.82. The Hall–Kier alpha value is -2.31. The van der Waals surface area contributed by atoms with E-state index in [0.29, 0.717) is 22.8 Å². The highest BCUT2D eigenvalue weighted by atomic mass is 127. The largest absolute Gasteiger partial charge is 0.485 e. The highest BCUT2D eigenvalue weighted by Crippen LogP contribution is 2.43. The molecule has 0 amide bonds. The van der Waals surface area contributed by atoms with Crippen LogP contribution < -0.4 is 15.3 Å². The molecule has 0 saturated heterocycles. The quantitative estimate of drug-likeness (QED) is 0.697. The van der Waals surface area contributed by atoms with E-state index in [1.165, 1.54) is 0 Å². The number of aliphatic hydroxyl groups is 1. The lowest BCUT2D eigenvalue weighted by atomic mass is 9.87. The minimum absolute atomic E-state index is 0.485. The zero-order valence-electron chi connectivity index (χ0n) is 14.2. The molecule has 26 heavy (non-hydrogen) atoms. The van der Waals surface area contributed by atoms with Gasteiger partial charge in [-0.05, 0) is 44.2 Å². The van der Waals surface area contributed by atoms with Crippen LogP contribution in [0.2, 0.25) is 0 Å². The Morgan fingerprint density at radius 2 is 2.08 bits per heavy atom. The van der Waals surface area contributed by atoms with Crippen molar-refractivity contribution in [3.8, 4) is 11.8 Å². The van der Waals surface area contributed by atoms with Crippen LogP contribution in [-0.2, 0) is 4.74 Å². The second-order valence-corrected chi connectivity index (χ2v) is 8.02. The van der Waals surface area contributed by atoms with E-state index in [9.17, 15) is 10.4 Å². The number of aliphatic hydroxyl groups excluding tert-OH is 1. The molecule has 0 spiro atoms. The molecule has 0 saturated carbocycles. The monoisotopic (exact) mass is 461 g/mol. The first-order valence-corrected chi connectivity index (χ1v) is 10.0. The second-order valence-electron chi connectivity index (χ2n) is 6.62. The minimum atomic E-state index is -0.920. The first kappa shape index (κ1) is 17.1. The lowest BCUT2D eigenvalue weighted by Crippen LogP contribution is -2.49. The molecule has 2 atom stereocenters. The van der Waals surface area contributed by atoms with E-state index < -0.39 is 39.1 Å². The smallest absolute Gasteiger partial charge is 0.230 e. The van der Waals surface area contributed by atoms with Crippen LogP contribution >= 0.6 is 21.3 Å². The molecule has 2 aromatic rings. The minimum Gasteiger partial charge on any atom is -0.485 e. The molecule has 0 radical (unpaired) electrons. The van der Waals surface area contributed by atoms with Gasteiger partial charge in [0.05, 0.1) is 22.2 Å². The van der Waals surface area contributed by atoms with Crippen LogP contribution in [0.25, 0.3) is 5.88 Å². The van der Waals surface area contributed by atoms with Crippen molar-refractivity contribution in [2.75, 3.05) is 0 Å². The summed E-state index contributed by atoms with van der Waals surface area (Å²) >= 11 is -0.737. The average molecular weight is 461 g/mol. The van der Waals surface area contributed by atoms with Gasteiger partial charge < -0.3 is 14.6 Å². The third-order valence-electron chi connectivity index (χ3n) is 4.43. The van der Waals surface area contributed by atoms with Gasteiger partial charge in [-0.2, -0.15) is 8.41 Å². The van der Waals surface area contributed by atoms with Gasteiger partial charge in [0.15, 0.2) is 6.10 Å². The summed E-state index contributed by atoms with van der Waals surface area (Å²) in [5.41, 5.74) is 0.304. The van der Waals surface area contributed by atoms with Crippen LogP contribution in [0.15, 0.2) is 48.8 Å². The molecule has 0 aliphatic carbocycles. The Bertz CT molecular complexity index is 1070. The first-order valence-electron chi connectivity index (χ1n) is 8.09. The molecular formula is C19H16IN3O3. The molecule has 0 fully saturated rings. The normalized spacial score (nSPS) is 22.6. The maximum atomic E-state index is 10.9. The number of benzene rings is 2. The molecule has 0 aromatic heterocycles. The van der Waals surface area contributed by atoms with E-state index in [1.807, 2.05) is 38.1 Å². The van der Waals surface area contributed by atoms with Crippen LogP contribution in [0.5, 0.6) is 5.75 Å². The van der Waals surface area contributed by atoms with E-state index >= 15 is 0 Å². The Morgan fingerprint density at radius 1 is 1.27 bits per heavy atom. The number of hydrogen-bond donors (Lipinski definition) is 1. The molecule has 2 aliphatic rings. The summed E-state index contributed by atoms with van der Waals surface area (Å²) in [6.07, 6.45) is -1.60. The Labute approximate surface area is 160 Å². The van der Waals surface area contributed by atoms with Gasteiger partial charge in [-0.25, -0.2) is 3.21 Å². The predicted octanol–water partition coefficient (Wildman–Crippen LogP) is 2.62. The maximum Gasteiger partial charge on any atom is 0.230 e. The molecule has 132 valence electrons. The van der Waals surface area contributed by atoms with Crippen LogP contribution in [-0.4, -0.2) is 16.8 Å². The lowest BCUT2D eigenvalue weighted by Gasteiger charge is -2.41. The van der Waals surface area contributed by atoms with Crippen LogP contribution in [0.4, 0.5) is 0 Å². The highest BCUT2D eigenvalue weighted by molar-refractivity contribution is 14.1. The van der Waals surface area contributed by atoms with Crippen molar-refractivity contribution in [1.82, 2.24) is 0 Å². The number of halogens is 1. The number of rotatable bonds is 2. The van der Waals surface area contributed by atoms with Gasteiger partial charge in [0.25, 0.3) is 0 Å². The standard InChI is InChI=1S/C19H16IN3O3/c1-19(2)17(24)16(13-9-11(10-21)7-8-15(13)26-19)25-18-12-5-3-4-6-14(12)22-20-23-18/h3-9,16-17,24H,1-2H3/t16-,17+/m1/s1. The second kappa shape index (κ2) is 6.45. The molecule has 2 heterocycles. The van der Waals surface area contributed by atoms with Crippen molar-refractivity contribution < 1.29 is 14.6 Å². The van der Waals surface area contributed by atoms with Gasteiger partial charge in [0.1, 0.15) is 38.8 Å². The summed E-state index contributed by atoms with van der Waals surface area (Å²) in [6.45, 7) is 3.63. The zero-order chi connectivity index (χ0) is 18.3. The molecule has 2 aromatic carbocycles. The number of nitriles is 1. The van der Waals surface area contributed by atoms with E-state index in [-0.39, 0.29) is 0 Å². The van der Waals surface area contributed by atoms with Gasteiger partial charge in [0, 0.05) is 5.56 Å². The van der Waals surface area contributed by atoms with Gasteiger partial charge in [-0.15, -0.1) is 0 Å². The third kappa shape index (κ3) is 2.89. The summed E-state index contributed by atoms with van der Waals surface area (Å²) < 4.78 is 21.1. The molecule has 4 rings (SSSR count). The van der Waals surface area contributed by atoms with Crippen molar-refractivity contribution in [2.45, 2.75) is 31.7 Å². The van der Waals surface area contributed by atoms with Crippen molar-refractivity contribution in [3.63, 3.8) is 0 Å². The topological polar surface area (TPSA) is 87.2 Å². The van der Waals surface area contributed by atoms with Crippen molar-refractivity contribution in [1.29, 1.82) is 5.26 Å². The SMILES string of the molecule is CC1(C)Oc2ccc(C#N)cc2[C@@H](OC2=c3ccccc3=NI=N2)[C@@H]1O. The zero-order valence-corrected chi connectivity index (χ0v) is 16.3. The van der Waals surface area contributed by atoms with E-state index in [1.54, 1.807) is 18.2 Å². The van der Waals surface area contributed by atoms with Crippen LogP contribution in [0, 0.1) is 11.3 Å². The molecule has 6 nitrogen and oxygen atoms in total. The van der Waals surface area contributed by atoms with Gasteiger partial charge in [-0.3, -0.25) is 0 Å². The number of fused-ring (bicyclic) bond motifs is 2. The fourth-order valence-corrected chi connectivity index (χ4v) is 4.34. The molecule has 7 heteroatoms. The van der Waals surface area contributed by atoms with Gasteiger partial charge in [0.2, 0.25) is 5.88 Å². The summed E-state index contributed by atoms with van der Waals surface area (Å²) in [5, 5.41) is 21.8. The molecule has 0 bridgehead atoms. The number of nitrogens with zero attached hydrogens (tertiary/aromatic N) is 3. The summed E-state index contributed by atoms with van der Waals surface area (Å²) in [6, 6.07) is 14.9. The summed E-state index contributed by atoms with van der Waals surface area (Å²) in [4.78, 5) is 0. The molecule has 2 aliphatic heterocycles. The summed E-state index contributed by atoms with van der Waals surface area (Å²) in [5.74, 6) is 1.09. The van der Waals surface area contributed by atoms with E-state index in [2.05, 4.69) is 12.4 Å². The fourth-order valence-electron chi connectivity index (χ4n) is 3.01. The summed E-state index contributed by atoms with van der Waals surface area (Å²) in [7, 11) is 0. The number of ether oxygens (including phenoxy) is 2. The molecular weight excluding hydrogens is 445 g/mol. The van der Waals surface area contributed by atoms with Crippen molar-refractivity contribution in [3.05, 3.63) is 64.2 Å². The highest BCUT2D eigenvalue weighted by Gasteiger charge is 2.45. The van der Waals surface area contributed by atoms with Gasteiger partial charge >= 0.3 is 0 Å². The lowest BCUT2D eigenvalue weighted by molar-refractivity contribution is -0.111.